The van der Waals surface area contributed by atoms with Crippen LogP contribution < -0.4 is 10.2 Å². The predicted octanol–water partition coefficient (Wildman–Crippen LogP) is 4.44. The van der Waals surface area contributed by atoms with Crippen LogP contribution in [-0.4, -0.2) is 43.0 Å². The van der Waals surface area contributed by atoms with Crippen LogP contribution in [0.25, 0.3) is 6.08 Å². The minimum absolute atomic E-state index is 0.0148. The Hall–Kier alpha value is -2.30. The number of amides is 1. The van der Waals surface area contributed by atoms with Gasteiger partial charge in [0.25, 0.3) is 0 Å². The first-order valence-electron chi connectivity index (χ1n) is 9.24. The molecule has 1 aliphatic heterocycles. The van der Waals surface area contributed by atoms with Crippen molar-refractivity contribution >= 4 is 35.0 Å². The largest absolute Gasteiger partial charge is 0.366 e. The topological polar surface area (TPSA) is 35.6 Å². The SMILES string of the molecule is C=Cc1cc(NC(=O)CN2CCN(c3ccc(Cl)cc3)[C@H](C)C2)ccc1C. The number of nitrogens with zero attached hydrogens (tertiary/aromatic N) is 2. The first kappa shape index (κ1) is 19.5. The van der Waals surface area contributed by atoms with E-state index in [1.165, 1.54) is 5.69 Å². The molecular weight excluding hydrogens is 358 g/mol. The zero-order valence-corrected chi connectivity index (χ0v) is 16.7. The van der Waals surface area contributed by atoms with Gasteiger partial charge in [-0.15, -0.1) is 0 Å². The summed E-state index contributed by atoms with van der Waals surface area (Å²) < 4.78 is 0. The number of aryl methyl sites for hydroxylation is 1. The number of benzene rings is 2. The fraction of sp³-hybridized carbons (Fsp3) is 0.318. The lowest BCUT2D eigenvalue weighted by molar-refractivity contribution is -0.117. The summed E-state index contributed by atoms with van der Waals surface area (Å²) in [5.74, 6) is 0.0148. The summed E-state index contributed by atoms with van der Waals surface area (Å²) in [6.07, 6.45) is 1.81. The molecule has 1 fully saturated rings. The van der Waals surface area contributed by atoms with Gasteiger partial charge in [0.05, 0.1) is 6.54 Å². The molecule has 2 aromatic rings. The van der Waals surface area contributed by atoms with Gasteiger partial charge in [-0.2, -0.15) is 0 Å². The average molecular weight is 384 g/mol. The molecule has 1 atom stereocenters. The van der Waals surface area contributed by atoms with Gasteiger partial charge in [0, 0.05) is 42.1 Å². The molecule has 0 radical (unpaired) electrons. The number of anilines is 2. The molecule has 0 bridgehead atoms. The van der Waals surface area contributed by atoms with Crippen LogP contribution in [0.3, 0.4) is 0 Å². The van der Waals surface area contributed by atoms with Crippen molar-refractivity contribution in [2.75, 3.05) is 36.4 Å². The van der Waals surface area contributed by atoms with E-state index >= 15 is 0 Å². The Bertz CT molecular complexity index is 819. The van der Waals surface area contributed by atoms with Crippen molar-refractivity contribution in [3.8, 4) is 0 Å². The van der Waals surface area contributed by atoms with Crippen molar-refractivity contribution in [2.45, 2.75) is 19.9 Å². The van der Waals surface area contributed by atoms with E-state index in [0.717, 1.165) is 41.5 Å². The molecule has 142 valence electrons. The van der Waals surface area contributed by atoms with Gasteiger partial charge in [0.2, 0.25) is 5.91 Å². The number of carbonyl (C=O) groups excluding carboxylic acids is 1. The summed E-state index contributed by atoms with van der Waals surface area (Å²) in [7, 11) is 0. The van der Waals surface area contributed by atoms with Gasteiger partial charge in [-0.3, -0.25) is 9.69 Å². The van der Waals surface area contributed by atoms with Crippen LogP contribution in [-0.2, 0) is 4.79 Å². The predicted molar refractivity (Wildman–Crippen MR) is 115 cm³/mol. The highest BCUT2D eigenvalue weighted by atomic mass is 35.5. The first-order chi connectivity index (χ1) is 13.0. The van der Waals surface area contributed by atoms with E-state index in [1.807, 2.05) is 43.3 Å². The quantitative estimate of drug-likeness (QED) is 0.829. The van der Waals surface area contributed by atoms with Crippen molar-refractivity contribution in [1.29, 1.82) is 0 Å². The Balaban J connectivity index is 1.55. The van der Waals surface area contributed by atoms with E-state index in [1.54, 1.807) is 0 Å². The van der Waals surface area contributed by atoms with Crippen LogP contribution in [0.4, 0.5) is 11.4 Å². The maximum absolute atomic E-state index is 12.5. The lowest BCUT2D eigenvalue weighted by Gasteiger charge is -2.41. The van der Waals surface area contributed by atoms with Gasteiger partial charge < -0.3 is 10.2 Å². The van der Waals surface area contributed by atoms with Crippen LogP contribution in [0.5, 0.6) is 0 Å². The third-order valence-electron chi connectivity index (χ3n) is 5.02. The van der Waals surface area contributed by atoms with Gasteiger partial charge >= 0.3 is 0 Å². The number of rotatable bonds is 5. The van der Waals surface area contributed by atoms with E-state index in [-0.39, 0.29) is 5.91 Å². The van der Waals surface area contributed by atoms with Crippen LogP contribution in [0.15, 0.2) is 49.0 Å². The molecule has 27 heavy (non-hydrogen) atoms. The zero-order valence-electron chi connectivity index (χ0n) is 15.9. The van der Waals surface area contributed by atoms with E-state index in [2.05, 4.69) is 40.8 Å². The second kappa shape index (κ2) is 8.59. The van der Waals surface area contributed by atoms with Gasteiger partial charge in [-0.25, -0.2) is 0 Å². The molecule has 3 rings (SSSR count). The molecule has 2 aromatic carbocycles. The number of piperazine rings is 1. The number of halogens is 1. The minimum atomic E-state index is 0.0148. The van der Waals surface area contributed by atoms with Crippen LogP contribution in [0.1, 0.15) is 18.1 Å². The highest BCUT2D eigenvalue weighted by molar-refractivity contribution is 6.30. The third-order valence-corrected chi connectivity index (χ3v) is 5.27. The van der Waals surface area contributed by atoms with Gasteiger partial charge in [0.15, 0.2) is 0 Å². The normalized spacial score (nSPS) is 17.6. The molecule has 5 heteroatoms. The molecule has 1 heterocycles. The molecule has 0 aromatic heterocycles. The second-order valence-electron chi connectivity index (χ2n) is 7.08. The van der Waals surface area contributed by atoms with Crippen molar-refractivity contribution in [2.24, 2.45) is 0 Å². The Morgan fingerprint density at radius 1 is 1.26 bits per heavy atom. The molecule has 0 aliphatic carbocycles. The molecule has 0 unspecified atom stereocenters. The number of carbonyl (C=O) groups is 1. The summed E-state index contributed by atoms with van der Waals surface area (Å²) in [5.41, 5.74) is 4.18. The maximum atomic E-state index is 12.5. The molecule has 0 saturated carbocycles. The van der Waals surface area contributed by atoms with Crippen molar-refractivity contribution in [3.05, 3.63) is 65.2 Å². The van der Waals surface area contributed by atoms with Crippen LogP contribution in [0, 0.1) is 6.92 Å². The van der Waals surface area contributed by atoms with E-state index in [4.69, 9.17) is 11.6 Å². The smallest absolute Gasteiger partial charge is 0.238 e. The molecule has 1 aliphatic rings. The molecule has 0 spiro atoms. The molecule has 1 N–H and O–H groups in total. The Kier molecular flexibility index (Phi) is 6.19. The summed E-state index contributed by atoms with van der Waals surface area (Å²) in [6, 6.07) is 14.2. The average Bonchev–Trinajstić information content (AvgIpc) is 2.64. The second-order valence-corrected chi connectivity index (χ2v) is 7.51. The fourth-order valence-corrected chi connectivity index (χ4v) is 3.66. The molecule has 4 nitrogen and oxygen atoms in total. The standard InChI is InChI=1S/C22H26ClN3O/c1-4-18-13-20(8-5-16(18)2)24-22(27)15-25-11-12-26(17(3)14-25)21-9-6-19(23)7-10-21/h4-10,13,17H,1,11-12,14-15H2,2-3H3,(H,24,27)/t17-/m1/s1. The zero-order chi connectivity index (χ0) is 19.4. The summed E-state index contributed by atoms with van der Waals surface area (Å²) in [5, 5.41) is 3.75. The highest BCUT2D eigenvalue weighted by Gasteiger charge is 2.25. The molecule has 1 amide bonds. The summed E-state index contributed by atoms with van der Waals surface area (Å²) in [6.45, 7) is 11.0. The first-order valence-corrected chi connectivity index (χ1v) is 9.61. The van der Waals surface area contributed by atoms with Gasteiger partial charge in [-0.1, -0.05) is 30.3 Å². The molecular formula is C22H26ClN3O. The highest BCUT2D eigenvalue weighted by Crippen LogP contribution is 2.23. The van der Waals surface area contributed by atoms with Crippen LogP contribution in [0.2, 0.25) is 5.02 Å². The van der Waals surface area contributed by atoms with E-state index in [9.17, 15) is 4.79 Å². The van der Waals surface area contributed by atoms with Crippen molar-refractivity contribution in [1.82, 2.24) is 4.90 Å². The van der Waals surface area contributed by atoms with Crippen molar-refractivity contribution < 1.29 is 4.79 Å². The van der Waals surface area contributed by atoms with E-state index in [0.29, 0.717) is 12.6 Å². The lowest BCUT2D eigenvalue weighted by Crippen LogP contribution is -2.53. The monoisotopic (exact) mass is 383 g/mol. The lowest BCUT2D eigenvalue weighted by atomic mass is 10.1. The maximum Gasteiger partial charge on any atom is 0.238 e. The third kappa shape index (κ3) is 4.90. The van der Waals surface area contributed by atoms with Gasteiger partial charge in [-0.05, 0) is 61.4 Å². The Morgan fingerprint density at radius 2 is 2.00 bits per heavy atom. The number of hydrogen-bond acceptors (Lipinski definition) is 3. The number of hydrogen-bond donors (Lipinski definition) is 1. The van der Waals surface area contributed by atoms with Crippen molar-refractivity contribution in [3.63, 3.8) is 0 Å². The summed E-state index contributed by atoms with van der Waals surface area (Å²) >= 11 is 5.98. The Labute approximate surface area is 166 Å². The van der Waals surface area contributed by atoms with Gasteiger partial charge in [0.1, 0.15) is 0 Å². The number of nitrogens with one attached hydrogen (secondary N) is 1. The van der Waals surface area contributed by atoms with E-state index < -0.39 is 0 Å². The molecule has 1 saturated heterocycles. The van der Waals surface area contributed by atoms with Crippen LogP contribution >= 0.6 is 11.6 Å². The summed E-state index contributed by atoms with van der Waals surface area (Å²) in [4.78, 5) is 17.0. The minimum Gasteiger partial charge on any atom is -0.366 e. The fourth-order valence-electron chi connectivity index (χ4n) is 3.53. The Morgan fingerprint density at radius 3 is 2.67 bits per heavy atom.